The number of hydrogen-bond donors (Lipinski definition) is 0. The molecule has 0 saturated heterocycles. The second-order valence-electron chi connectivity index (χ2n) is 6.67. The Labute approximate surface area is 168 Å². The van der Waals surface area contributed by atoms with Crippen molar-refractivity contribution in [2.45, 2.75) is 20.3 Å². The summed E-state index contributed by atoms with van der Waals surface area (Å²) in [5.41, 5.74) is 2.78. The Kier molecular flexibility index (Phi) is 5.30. The van der Waals surface area contributed by atoms with Crippen LogP contribution in [0, 0.1) is 13.8 Å². The zero-order valence-corrected chi connectivity index (χ0v) is 16.8. The van der Waals surface area contributed by atoms with Crippen LogP contribution in [0.5, 0.6) is 11.5 Å². The monoisotopic (exact) mass is 394 g/mol. The van der Waals surface area contributed by atoms with E-state index >= 15 is 0 Å². The molecule has 0 atom stereocenters. The van der Waals surface area contributed by atoms with E-state index < -0.39 is 0 Å². The Morgan fingerprint density at radius 2 is 2.00 bits per heavy atom. The van der Waals surface area contributed by atoms with Crippen molar-refractivity contribution in [3.63, 3.8) is 0 Å². The molecule has 0 radical (unpaired) electrons. The molecule has 28 heavy (non-hydrogen) atoms. The normalized spacial score (nSPS) is 13.2. The Morgan fingerprint density at radius 3 is 2.75 bits per heavy atom. The van der Waals surface area contributed by atoms with E-state index in [1.54, 1.807) is 16.2 Å². The summed E-state index contributed by atoms with van der Waals surface area (Å²) < 4.78 is 11.4. The number of nitrogens with zero attached hydrogens (tertiary/aromatic N) is 2. The lowest BCUT2D eigenvalue weighted by atomic mass is 10.1. The Hall–Kier alpha value is -2.86. The number of hydrogen-bond acceptors (Lipinski definition) is 5. The summed E-state index contributed by atoms with van der Waals surface area (Å²) in [7, 11) is 0. The maximum atomic E-state index is 12.5. The molecule has 144 valence electrons. The highest BCUT2D eigenvalue weighted by Gasteiger charge is 2.26. The lowest BCUT2D eigenvalue weighted by molar-refractivity contribution is -0.121. The van der Waals surface area contributed by atoms with Crippen molar-refractivity contribution < 1.29 is 14.3 Å². The van der Waals surface area contributed by atoms with E-state index in [2.05, 4.69) is 11.9 Å². The van der Waals surface area contributed by atoms with Crippen molar-refractivity contribution in [2.24, 2.45) is 0 Å². The van der Waals surface area contributed by atoms with Crippen LogP contribution < -0.4 is 14.4 Å². The van der Waals surface area contributed by atoms with Gasteiger partial charge in [-0.15, -0.1) is 11.3 Å². The van der Waals surface area contributed by atoms with Gasteiger partial charge in [0, 0.05) is 17.0 Å². The van der Waals surface area contributed by atoms with Crippen LogP contribution in [-0.4, -0.2) is 30.6 Å². The number of amides is 1. The van der Waals surface area contributed by atoms with E-state index in [0.717, 1.165) is 39.9 Å². The number of aromatic nitrogens is 1. The van der Waals surface area contributed by atoms with E-state index in [4.69, 9.17) is 9.47 Å². The molecule has 0 fully saturated rings. The third-order valence-corrected chi connectivity index (χ3v) is 5.50. The van der Waals surface area contributed by atoms with Crippen molar-refractivity contribution in [1.82, 2.24) is 4.98 Å². The molecule has 5 nitrogen and oxygen atoms in total. The van der Waals surface area contributed by atoms with Crippen LogP contribution in [0.1, 0.15) is 16.3 Å². The summed E-state index contributed by atoms with van der Waals surface area (Å²) in [5, 5.41) is 1.03. The summed E-state index contributed by atoms with van der Waals surface area (Å²) in [4.78, 5) is 20.1. The maximum absolute atomic E-state index is 12.5. The average molecular weight is 394 g/mol. The highest BCUT2D eigenvalue weighted by atomic mass is 32.1. The standard InChI is InChI=1S/C22H22N2O3S/c1-15-22(23-16(2)28-15)17-9-10-20-19(13-17)24(21(25)14-27-20)11-6-12-26-18-7-4-3-5-8-18/h3-5,7-10,13H,6,11-12,14H2,1-2H3. The van der Waals surface area contributed by atoms with Gasteiger partial charge in [-0.1, -0.05) is 18.2 Å². The molecule has 0 aliphatic carbocycles. The molecule has 1 amide bonds. The van der Waals surface area contributed by atoms with E-state index in [1.165, 1.54) is 4.88 Å². The van der Waals surface area contributed by atoms with Crippen molar-refractivity contribution in [1.29, 1.82) is 0 Å². The van der Waals surface area contributed by atoms with Gasteiger partial charge in [0.05, 0.1) is 23.0 Å². The van der Waals surface area contributed by atoms with Gasteiger partial charge in [-0.05, 0) is 50.6 Å². The number of rotatable bonds is 6. The number of aryl methyl sites for hydroxylation is 2. The van der Waals surface area contributed by atoms with E-state index in [0.29, 0.717) is 13.2 Å². The zero-order chi connectivity index (χ0) is 19.5. The molecule has 1 aromatic heterocycles. The van der Waals surface area contributed by atoms with Crippen LogP contribution in [0.4, 0.5) is 5.69 Å². The largest absolute Gasteiger partial charge is 0.494 e. The van der Waals surface area contributed by atoms with Crippen LogP contribution in [0.3, 0.4) is 0 Å². The van der Waals surface area contributed by atoms with Crippen LogP contribution in [0.2, 0.25) is 0 Å². The van der Waals surface area contributed by atoms with Gasteiger partial charge in [-0.3, -0.25) is 4.79 Å². The first kappa shape index (κ1) is 18.5. The molecule has 2 aromatic carbocycles. The highest BCUT2D eigenvalue weighted by molar-refractivity contribution is 7.11. The lowest BCUT2D eigenvalue weighted by Gasteiger charge is -2.29. The van der Waals surface area contributed by atoms with E-state index in [1.807, 2.05) is 55.5 Å². The molecule has 4 rings (SSSR count). The Bertz CT molecular complexity index is 985. The molecule has 0 spiro atoms. The molecule has 0 N–H and O–H groups in total. The highest BCUT2D eigenvalue weighted by Crippen LogP contribution is 2.37. The number of para-hydroxylation sites is 1. The predicted octanol–water partition coefficient (Wildman–Crippen LogP) is 4.62. The van der Waals surface area contributed by atoms with Crippen molar-refractivity contribution >= 4 is 22.9 Å². The number of anilines is 1. The SMILES string of the molecule is Cc1nc(-c2ccc3c(c2)N(CCCOc2ccccc2)C(=O)CO3)c(C)s1. The first-order valence-electron chi connectivity index (χ1n) is 9.31. The summed E-state index contributed by atoms with van der Waals surface area (Å²) in [5.74, 6) is 1.54. The van der Waals surface area contributed by atoms with Gasteiger partial charge in [0.2, 0.25) is 0 Å². The van der Waals surface area contributed by atoms with Gasteiger partial charge in [-0.25, -0.2) is 4.98 Å². The summed E-state index contributed by atoms with van der Waals surface area (Å²) in [6.45, 7) is 5.28. The van der Waals surface area contributed by atoms with Crippen molar-refractivity contribution in [2.75, 3.05) is 24.7 Å². The third-order valence-electron chi connectivity index (χ3n) is 4.62. The molecular formula is C22H22N2O3S. The first-order valence-corrected chi connectivity index (χ1v) is 10.1. The van der Waals surface area contributed by atoms with E-state index in [9.17, 15) is 4.79 Å². The topological polar surface area (TPSA) is 51.7 Å². The molecule has 0 unspecified atom stereocenters. The molecular weight excluding hydrogens is 372 g/mol. The Balaban J connectivity index is 1.50. The number of ether oxygens (including phenoxy) is 2. The van der Waals surface area contributed by atoms with Gasteiger partial charge in [0.25, 0.3) is 5.91 Å². The van der Waals surface area contributed by atoms with Crippen LogP contribution >= 0.6 is 11.3 Å². The fourth-order valence-electron chi connectivity index (χ4n) is 3.32. The van der Waals surface area contributed by atoms with Crippen molar-refractivity contribution in [3.05, 3.63) is 58.4 Å². The molecule has 2 heterocycles. The zero-order valence-electron chi connectivity index (χ0n) is 16.0. The van der Waals surface area contributed by atoms with Gasteiger partial charge < -0.3 is 14.4 Å². The van der Waals surface area contributed by atoms with Crippen molar-refractivity contribution in [3.8, 4) is 22.8 Å². The third kappa shape index (κ3) is 3.87. The average Bonchev–Trinajstić information content (AvgIpc) is 3.05. The van der Waals surface area contributed by atoms with E-state index in [-0.39, 0.29) is 12.5 Å². The van der Waals surface area contributed by atoms with Crippen LogP contribution in [0.15, 0.2) is 48.5 Å². The quantitative estimate of drug-likeness (QED) is 0.573. The minimum Gasteiger partial charge on any atom is -0.494 e. The molecule has 1 aliphatic heterocycles. The van der Waals surface area contributed by atoms with Gasteiger partial charge >= 0.3 is 0 Å². The number of benzene rings is 2. The summed E-state index contributed by atoms with van der Waals surface area (Å²) >= 11 is 1.68. The molecule has 6 heteroatoms. The fraction of sp³-hybridized carbons (Fsp3) is 0.273. The lowest BCUT2D eigenvalue weighted by Crippen LogP contribution is -2.39. The molecule has 0 saturated carbocycles. The minimum absolute atomic E-state index is 0.0319. The van der Waals surface area contributed by atoms with Crippen LogP contribution in [-0.2, 0) is 4.79 Å². The van der Waals surface area contributed by atoms with Gasteiger partial charge in [0.15, 0.2) is 6.61 Å². The van der Waals surface area contributed by atoms with Gasteiger partial charge in [-0.2, -0.15) is 0 Å². The number of fused-ring (bicyclic) bond motifs is 1. The van der Waals surface area contributed by atoms with Crippen LogP contribution in [0.25, 0.3) is 11.3 Å². The second-order valence-corrected chi connectivity index (χ2v) is 8.08. The number of thiazole rings is 1. The first-order chi connectivity index (χ1) is 13.6. The molecule has 1 aliphatic rings. The number of carbonyl (C=O) groups is 1. The smallest absolute Gasteiger partial charge is 0.265 e. The fourth-order valence-corrected chi connectivity index (χ4v) is 4.16. The Morgan fingerprint density at radius 1 is 1.18 bits per heavy atom. The summed E-state index contributed by atoms with van der Waals surface area (Å²) in [6.07, 6.45) is 0.735. The molecule has 0 bridgehead atoms. The predicted molar refractivity (Wildman–Crippen MR) is 111 cm³/mol. The second kappa shape index (κ2) is 8.02. The number of carbonyl (C=O) groups excluding carboxylic acids is 1. The van der Waals surface area contributed by atoms with Gasteiger partial charge in [0.1, 0.15) is 11.5 Å². The molecule has 3 aromatic rings. The maximum Gasteiger partial charge on any atom is 0.265 e. The summed E-state index contributed by atoms with van der Waals surface area (Å²) in [6, 6.07) is 15.7. The minimum atomic E-state index is -0.0319.